The maximum atomic E-state index is 10.6. The molecule has 58 valence electrons. The highest BCUT2D eigenvalue weighted by Crippen LogP contribution is 2.42. The Balaban J connectivity index is 0.000000231. The lowest BCUT2D eigenvalue weighted by Gasteiger charge is -2.08. The van der Waals surface area contributed by atoms with E-state index in [-0.39, 0.29) is 5.91 Å². The first-order valence-electron chi connectivity index (χ1n) is 4.13. The topological polar surface area (TPSA) is 29.1 Å². The SMILES string of the molecule is CC.O=C1CC2CC2CN1. The molecule has 2 heteroatoms. The molecule has 2 rings (SSSR count). The van der Waals surface area contributed by atoms with E-state index in [1.807, 2.05) is 13.8 Å². The average molecular weight is 141 g/mol. The zero-order valence-electron chi connectivity index (χ0n) is 6.68. The smallest absolute Gasteiger partial charge is 0.220 e. The van der Waals surface area contributed by atoms with Gasteiger partial charge in [0.1, 0.15) is 0 Å². The Hall–Kier alpha value is -0.530. The van der Waals surface area contributed by atoms with Gasteiger partial charge >= 0.3 is 0 Å². The molecule has 0 aromatic carbocycles. The van der Waals surface area contributed by atoms with Crippen molar-refractivity contribution >= 4 is 5.91 Å². The van der Waals surface area contributed by atoms with Crippen molar-refractivity contribution in [3.63, 3.8) is 0 Å². The number of hydrogen-bond donors (Lipinski definition) is 1. The van der Waals surface area contributed by atoms with E-state index in [2.05, 4.69) is 5.32 Å². The first-order chi connectivity index (χ1) is 4.86. The Labute approximate surface area is 62.0 Å². The zero-order valence-corrected chi connectivity index (χ0v) is 6.68. The van der Waals surface area contributed by atoms with E-state index in [1.165, 1.54) is 6.42 Å². The number of rotatable bonds is 0. The van der Waals surface area contributed by atoms with Crippen LogP contribution in [0.1, 0.15) is 26.7 Å². The quantitative estimate of drug-likeness (QED) is 0.539. The normalized spacial score (nSPS) is 34.8. The van der Waals surface area contributed by atoms with Crippen LogP contribution >= 0.6 is 0 Å². The molecule has 2 atom stereocenters. The number of hydrogen-bond acceptors (Lipinski definition) is 1. The van der Waals surface area contributed by atoms with Gasteiger partial charge in [-0.1, -0.05) is 13.8 Å². The third-order valence-electron chi connectivity index (χ3n) is 2.08. The van der Waals surface area contributed by atoms with Gasteiger partial charge in [-0.05, 0) is 18.3 Å². The van der Waals surface area contributed by atoms with Crippen molar-refractivity contribution in [2.75, 3.05) is 6.54 Å². The first-order valence-corrected chi connectivity index (χ1v) is 4.13. The summed E-state index contributed by atoms with van der Waals surface area (Å²) in [5, 5.41) is 2.83. The second-order valence-corrected chi connectivity index (χ2v) is 2.76. The highest BCUT2D eigenvalue weighted by molar-refractivity contribution is 5.77. The van der Waals surface area contributed by atoms with E-state index >= 15 is 0 Å². The standard InChI is InChI=1S/C6H9NO.C2H6/c8-6-2-4-1-5(4)3-7-6;1-2/h4-5H,1-3H2,(H,7,8);1-2H3. The van der Waals surface area contributed by atoms with Crippen molar-refractivity contribution in [2.45, 2.75) is 26.7 Å². The van der Waals surface area contributed by atoms with Gasteiger partial charge in [0.15, 0.2) is 0 Å². The van der Waals surface area contributed by atoms with Crippen molar-refractivity contribution < 1.29 is 4.79 Å². The van der Waals surface area contributed by atoms with E-state index in [0.717, 1.165) is 24.8 Å². The molecule has 1 heterocycles. The van der Waals surface area contributed by atoms with Crippen molar-refractivity contribution in [1.29, 1.82) is 0 Å². The van der Waals surface area contributed by atoms with Crippen LogP contribution in [0.25, 0.3) is 0 Å². The molecule has 2 unspecified atom stereocenters. The van der Waals surface area contributed by atoms with Gasteiger partial charge in [0, 0.05) is 13.0 Å². The van der Waals surface area contributed by atoms with Crippen LogP contribution in [0.5, 0.6) is 0 Å². The monoisotopic (exact) mass is 141 g/mol. The summed E-state index contributed by atoms with van der Waals surface area (Å²) in [7, 11) is 0. The molecule has 0 spiro atoms. The van der Waals surface area contributed by atoms with Crippen LogP contribution in [-0.2, 0) is 4.79 Å². The molecule has 10 heavy (non-hydrogen) atoms. The lowest BCUT2D eigenvalue weighted by molar-refractivity contribution is -0.122. The van der Waals surface area contributed by atoms with E-state index in [1.54, 1.807) is 0 Å². The number of piperidine rings is 1. The van der Waals surface area contributed by atoms with Gasteiger partial charge < -0.3 is 5.32 Å². The van der Waals surface area contributed by atoms with Crippen molar-refractivity contribution in [1.82, 2.24) is 5.32 Å². The van der Waals surface area contributed by atoms with Crippen LogP contribution in [0.4, 0.5) is 0 Å². The van der Waals surface area contributed by atoms with Crippen LogP contribution in [0, 0.1) is 11.8 Å². The maximum absolute atomic E-state index is 10.6. The van der Waals surface area contributed by atoms with E-state index < -0.39 is 0 Å². The van der Waals surface area contributed by atoms with Gasteiger partial charge in [0.2, 0.25) is 5.91 Å². The fourth-order valence-corrected chi connectivity index (χ4v) is 1.37. The third kappa shape index (κ3) is 1.49. The molecule has 2 nitrogen and oxygen atoms in total. The molecule has 1 aliphatic heterocycles. The van der Waals surface area contributed by atoms with Gasteiger partial charge in [-0.3, -0.25) is 4.79 Å². The summed E-state index contributed by atoms with van der Waals surface area (Å²) in [6, 6.07) is 0. The van der Waals surface area contributed by atoms with Crippen LogP contribution in [-0.4, -0.2) is 12.5 Å². The van der Waals surface area contributed by atoms with Gasteiger partial charge in [-0.15, -0.1) is 0 Å². The lowest BCUT2D eigenvalue weighted by Crippen LogP contribution is -2.30. The second-order valence-electron chi connectivity index (χ2n) is 2.76. The van der Waals surface area contributed by atoms with Crippen molar-refractivity contribution in [3.05, 3.63) is 0 Å². The molecule has 0 aromatic heterocycles. The molecule has 1 aliphatic carbocycles. The highest BCUT2D eigenvalue weighted by atomic mass is 16.1. The molecule has 1 saturated heterocycles. The Morgan fingerprint density at radius 2 is 2.10 bits per heavy atom. The number of amides is 1. The van der Waals surface area contributed by atoms with E-state index in [4.69, 9.17) is 0 Å². The number of fused-ring (bicyclic) bond motifs is 1. The Bertz CT molecular complexity index is 133. The molecule has 1 N–H and O–H groups in total. The summed E-state index contributed by atoms with van der Waals surface area (Å²) < 4.78 is 0. The van der Waals surface area contributed by atoms with E-state index in [9.17, 15) is 4.79 Å². The van der Waals surface area contributed by atoms with E-state index in [0.29, 0.717) is 0 Å². The van der Waals surface area contributed by atoms with Crippen LogP contribution < -0.4 is 5.32 Å². The molecule has 2 fully saturated rings. The Morgan fingerprint density at radius 1 is 1.40 bits per heavy atom. The maximum Gasteiger partial charge on any atom is 0.220 e. The van der Waals surface area contributed by atoms with Gasteiger partial charge in [-0.25, -0.2) is 0 Å². The van der Waals surface area contributed by atoms with Crippen LogP contribution in [0.3, 0.4) is 0 Å². The number of carbonyl (C=O) groups excluding carboxylic acids is 1. The van der Waals surface area contributed by atoms with Crippen LogP contribution in [0.2, 0.25) is 0 Å². The summed E-state index contributed by atoms with van der Waals surface area (Å²) in [4.78, 5) is 10.6. The summed E-state index contributed by atoms with van der Waals surface area (Å²) in [5.74, 6) is 1.88. The molecule has 1 saturated carbocycles. The number of carbonyl (C=O) groups is 1. The predicted octanol–water partition coefficient (Wildman–Crippen LogP) is 1.17. The van der Waals surface area contributed by atoms with Gasteiger partial charge in [0.25, 0.3) is 0 Å². The lowest BCUT2D eigenvalue weighted by atomic mass is 10.2. The van der Waals surface area contributed by atoms with Crippen LogP contribution in [0.15, 0.2) is 0 Å². The molecule has 0 aromatic rings. The fraction of sp³-hybridized carbons (Fsp3) is 0.875. The summed E-state index contributed by atoms with van der Waals surface area (Å²) in [6.45, 7) is 4.95. The zero-order chi connectivity index (χ0) is 7.56. The predicted molar refractivity (Wildman–Crippen MR) is 40.6 cm³/mol. The molecular weight excluding hydrogens is 126 g/mol. The Kier molecular flexibility index (Phi) is 2.30. The minimum Gasteiger partial charge on any atom is -0.356 e. The molecule has 0 bridgehead atoms. The summed E-state index contributed by atoms with van der Waals surface area (Å²) in [5.41, 5.74) is 0. The second kappa shape index (κ2) is 3.04. The summed E-state index contributed by atoms with van der Waals surface area (Å²) >= 11 is 0. The Morgan fingerprint density at radius 3 is 2.60 bits per heavy atom. The van der Waals surface area contributed by atoms with Crippen molar-refractivity contribution in [2.24, 2.45) is 11.8 Å². The van der Waals surface area contributed by atoms with Gasteiger partial charge in [-0.2, -0.15) is 0 Å². The third-order valence-corrected chi connectivity index (χ3v) is 2.08. The minimum absolute atomic E-state index is 0.253. The van der Waals surface area contributed by atoms with Gasteiger partial charge in [0.05, 0.1) is 0 Å². The molecule has 1 amide bonds. The number of nitrogens with one attached hydrogen (secondary N) is 1. The first kappa shape index (κ1) is 7.58. The molecule has 2 aliphatic rings. The summed E-state index contributed by atoms with van der Waals surface area (Å²) in [6.07, 6.45) is 2.09. The minimum atomic E-state index is 0.253. The molecular formula is C8H15NO. The van der Waals surface area contributed by atoms with Crippen molar-refractivity contribution in [3.8, 4) is 0 Å². The molecule has 0 radical (unpaired) electrons. The highest BCUT2D eigenvalue weighted by Gasteiger charge is 2.41. The fourth-order valence-electron chi connectivity index (χ4n) is 1.37. The largest absolute Gasteiger partial charge is 0.356 e. The average Bonchev–Trinajstić information content (AvgIpc) is 2.70.